The molecule has 16 heavy (non-hydrogen) atoms. The predicted molar refractivity (Wildman–Crippen MR) is 65.3 cm³/mol. The molecule has 0 aliphatic rings. The monoisotopic (exact) mass is 275 g/mol. The van der Waals surface area contributed by atoms with Gasteiger partial charge in [-0.25, -0.2) is 4.39 Å². The molecule has 1 heterocycles. The minimum absolute atomic E-state index is 0.134. The van der Waals surface area contributed by atoms with Gasteiger partial charge in [0.25, 0.3) is 0 Å². The molecule has 2 aromatic rings. The van der Waals surface area contributed by atoms with Gasteiger partial charge in [-0.1, -0.05) is 46.8 Å². The molecule has 84 valence electrons. The number of hydrogen-bond donors (Lipinski definition) is 1. The highest BCUT2D eigenvalue weighted by Gasteiger charge is 2.08. The first kappa shape index (κ1) is 11.6. The Labute approximate surface area is 105 Å². The van der Waals surface area contributed by atoms with Gasteiger partial charge < -0.3 is 5.73 Å². The van der Waals surface area contributed by atoms with Crippen LogP contribution in [0.5, 0.6) is 0 Å². The van der Waals surface area contributed by atoms with Crippen molar-refractivity contribution in [1.82, 2.24) is 10.2 Å². The molecule has 0 amide bonds. The summed E-state index contributed by atoms with van der Waals surface area (Å²) in [5.41, 5.74) is 5.99. The predicted octanol–water partition coefficient (Wildman–Crippen LogP) is 3.21. The van der Waals surface area contributed by atoms with E-state index < -0.39 is 0 Å². The number of aromatic nitrogens is 2. The highest BCUT2D eigenvalue weighted by molar-refractivity contribution is 8.00. The van der Waals surface area contributed by atoms with E-state index in [0.29, 0.717) is 16.4 Å². The summed E-state index contributed by atoms with van der Waals surface area (Å²) in [6.07, 6.45) is 0. The third-order valence-corrected chi connectivity index (χ3v) is 4.03. The van der Waals surface area contributed by atoms with Crippen LogP contribution >= 0.6 is 34.7 Å². The molecule has 0 saturated heterocycles. The van der Waals surface area contributed by atoms with Gasteiger partial charge in [0.15, 0.2) is 4.34 Å². The van der Waals surface area contributed by atoms with Crippen molar-refractivity contribution in [1.29, 1.82) is 0 Å². The van der Waals surface area contributed by atoms with Crippen LogP contribution in [-0.2, 0) is 5.75 Å². The molecule has 0 unspecified atom stereocenters. The van der Waals surface area contributed by atoms with Gasteiger partial charge in [0.05, 0.1) is 5.02 Å². The average molecular weight is 276 g/mol. The van der Waals surface area contributed by atoms with Crippen LogP contribution in [-0.4, -0.2) is 10.2 Å². The van der Waals surface area contributed by atoms with E-state index >= 15 is 0 Å². The summed E-state index contributed by atoms with van der Waals surface area (Å²) in [6.45, 7) is 0. The van der Waals surface area contributed by atoms with Crippen LogP contribution in [0.1, 0.15) is 5.56 Å². The van der Waals surface area contributed by atoms with E-state index in [-0.39, 0.29) is 10.8 Å². The summed E-state index contributed by atoms with van der Waals surface area (Å²) < 4.78 is 14.2. The standard InChI is InChI=1S/C9H7ClFN3S2/c10-6-3-1-2-5(7(6)11)4-15-9-14-13-8(12)16-9/h1-3H,4H2,(H2,12,13). The zero-order valence-electron chi connectivity index (χ0n) is 7.98. The van der Waals surface area contributed by atoms with Crippen LogP contribution < -0.4 is 5.73 Å². The van der Waals surface area contributed by atoms with Crippen LogP contribution in [0.25, 0.3) is 0 Å². The van der Waals surface area contributed by atoms with Crippen LogP contribution in [0.15, 0.2) is 22.5 Å². The fourth-order valence-corrected chi connectivity index (χ4v) is 2.88. The van der Waals surface area contributed by atoms with E-state index in [1.807, 2.05) is 0 Å². The van der Waals surface area contributed by atoms with Crippen molar-refractivity contribution in [3.63, 3.8) is 0 Å². The molecule has 1 aromatic carbocycles. The van der Waals surface area contributed by atoms with E-state index in [4.69, 9.17) is 17.3 Å². The van der Waals surface area contributed by atoms with Crippen molar-refractivity contribution < 1.29 is 4.39 Å². The third kappa shape index (κ3) is 2.63. The molecule has 1 aromatic heterocycles. The second-order valence-electron chi connectivity index (χ2n) is 2.91. The van der Waals surface area contributed by atoms with E-state index in [0.717, 1.165) is 4.34 Å². The van der Waals surface area contributed by atoms with E-state index in [1.165, 1.54) is 29.2 Å². The van der Waals surface area contributed by atoms with Gasteiger partial charge in [0, 0.05) is 5.75 Å². The van der Waals surface area contributed by atoms with Crippen molar-refractivity contribution in [2.24, 2.45) is 0 Å². The SMILES string of the molecule is Nc1nnc(SCc2cccc(Cl)c2F)s1. The molecule has 2 rings (SSSR count). The minimum Gasteiger partial charge on any atom is -0.374 e. The summed E-state index contributed by atoms with van der Waals surface area (Å²) in [5, 5.41) is 8.05. The second-order valence-corrected chi connectivity index (χ2v) is 5.55. The number of nitrogens with zero attached hydrogens (tertiary/aromatic N) is 2. The Morgan fingerprint density at radius 3 is 2.94 bits per heavy atom. The van der Waals surface area contributed by atoms with Gasteiger partial charge in [-0.2, -0.15) is 0 Å². The Kier molecular flexibility index (Phi) is 3.63. The second kappa shape index (κ2) is 4.99. The number of thioether (sulfide) groups is 1. The van der Waals surface area contributed by atoms with Crippen LogP contribution in [0.3, 0.4) is 0 Å². The lowest BCUT2D eigenvalue weighted by molar-refractivity contribution is 0.618. The molecule has 0 fully saturated rings. The van der Waals surface area contributed by atoms with Gasteiger partial charge in [-0.3, -0.25) is 0 Å². The molecule has 0 saturated carbocycles. The number of anilines is 1. The van der Waals surface area contributed by atoms with Gasteiger partial charge >= 0.3 is 0 Å². The summed E-state index contributed by atoms with van der Waals surface area (Å²) >= 11 is 8.33. The zero-order chi connectivity index (χ0) is 11.5. The zero-order valence-corrected chi connectivity index (χ0v) is 10.4. The Balaban J connectivity index is 2.07. The lowest BCUT2D eigenvalue weighted by Crippen LogP contribution is -1.88. The lowest BCUT2D eigenvalue weighted by Gasteiger charge is -2.01. The summed E-state index contributed by atoms with van der Waals surface area (Å²) in [5.74, 6) is 0.0789. The van der Waals surface area contributed by atoms with E-state index in [1.54, 1.807) is 12.1 Å². The van der Waals surface area contributed by atoms with Crippen LogP contribution in [0, 0.1) is 5.82 Å². The first-order chi connectivity index (χ1) is 7.66. The maximum absolute atomic E-state index is 13.5. The molecular formula is C9H7ClFN3S2. The average Bonchev–Trinajstić information content (AvgIpc) is 2.67. The summed E-state index contributed by atoms with van der Waals surface area (Å²) in [4.78, 5) is 0. The largest absolute Gasteiger partial charge is 0.374 e. The van der Waals surface area contributed by atoms with Gasteiger partial charge in [-0.15, -0.1) is 10.2 Å². The molecule has 0 bridgehead atoms. The molecule has 0 atom stereocenters. The minimum atomic E-state index is -0.380. The van der Waals surface area contributed by atoms with Gasteiger partial charge in [0.1, 0.15) is 5.82 Å². The Hall–Kier alpha value is -0.850. The van der Waals surface area contributed by atoms with Gasteiger partial charge in [0.2, 0.25) is 5.13 Å². The third-order valence-electron chi connectivity index (χ3n) is 1.80. The highest BCUT2D eigenvalue weighted by atomic mass is 35.5. The normalized spacial score (nSPS) is 10.6. The maximum Gasteiger partial charge on any atom is 0.203 e. The Morgan fingerprint density at radius 1 is 1.44 bits per heavy atom. The van der Waals surface area contributed by atoms with E-state index in [2.05, 4.69) is 10.2 Å². The highest BCUT2D eigenvalue weighted by Crippen LogP contribution is 2.29. The molecule has 0 aliphatic carbocycles. The number of nitrogens with two attached hydrogens (primary N) is 1. The fraction of sp³-hybridized carbons (Fsp3) is 0.111. The van der Waals surface area contributed by atoms with Crippen molar-refractivity contribution in [3.8, 4) is 0 Å². The quantitative estimate of drug-likeness (QED) is 0.874. The Morgan fingerprint density at radius 2 is 2.25 bits per heavy atom. The number of hydrogen-bond acceptors (Lipinski definition) is 5. The number of nitrogen functional groups attached to an aromatic ring is 1. The van der Waals surface area contributed by atoms with Crippen molar-refractivity contribution in [2.45, 2.75) is 10.1 Å². The van der Waals surface area contributed by atoms with Crippen molar-refractivity contribution in [2.75, 3.05) is 5.73 Å². The smallest absolute Gasteiger partial charge is 0.203 e. The number of halogens is 2. The molecule has 3 nitrogen and oxygen atoms in total. The first-order valence-electron chi connectivity index (χ1n) is 4.31. The molecule has 0 aliphatic heterocycles. The van der Waals surface area contributed by atoms with Crippen LogP contribution in [0.4, 0.5) is 9.52 Å². The van der Waals surface area contributed by atoms with Crippen LogP contribution in [0.2, 0.25) is 5.02 Å². The Bertz CT molecular complexity index is 503. The number of rotatable bonds is 3. The molecule has 0 radical (unpaired) electrons. The van der Waals surface area contributed by atoms with E-state index in [9.17, 15) is 4.39 Å². The molecule has 2 N–H and O–H groups in total. The fourth-order valence-electron chi connectivity index (χ4n) is 1.08. The van der Waals surface area contributed by atoms with Crippen molar-refractivity contribution >= 4 is 39.8 Å². The molecule has 0 spiro atoms. The lowest BCUT2D eigenvalue weighted by atomic mass is 10.2. The summed E-state index contributed by atoms with van der Waals surface area (Å²) in [7, 11) is 0. The summed E-state index contributed by atoms with van der Waals surface area (Å²) in [6, 6.07) is 4.93. The topological polar surface area (TPSA) is 51.8 Å². The molecule has 7 heteroatoms. The molecular weight excluding hydrogens is 269 g/mol. The van der Waals surface area contributed by atoms with Crippen molar-refractivity contribution in [3.05, 3.63) is 34.6 Å². The van der Waals surface area contributed by atoms with Gasteiger partial charge in [-0.05, 0) is 11.6 Å². The maximum atomic E-state index is 13.5. The number of benzene rings is 1. The first-order valence-corrected chi connectivity index (χ1v) is 6.49.